The van der Waals surface area contributed by atoms with E-state index < -0.39 is 11.8 Å². The number of H-pyrrole nitrogens is 1. The number of imidazole rings is 1. The molecule has 6 nitrogen and oxygen atoms in total. The fraction of sp³-hybridized carbons (Fsp3) is 0.529. The maximum absolute atomic E-state index is 12.6. The summed E-state index contributed by atoms with van der Waals surface area (Å²) in [7, 11) is 2.15. The SMILES string of the molecule is Cc1cccc2[nH]c(=O)n(C(=O)OC3CC4CCC(C3)N4C)c12.Cl. The van der Waals surface area contributed by atoms with Crippen molar-refractivity contribution >= 4 is 29.5 Å². The lowest BCUT2D eigenvalue weighted by Crippen LogP contribution is -2.44. The molecule has 4 rings (SSSR count). The predicted molar refractivity (Wildman–Crippen MR) is 94.0 cm³/mol. The second-order valence-corrected chi connectivity index (χ2v) is 6.76. The Morgan fingerprint density at radius 1 is 1.25 bits per heavy atom. The van der Waals surface area contributed by atoms with Gasteiger partial charge in [-0.05, 0) is 38.4 Å². The van der Waals surface area contributed by atoms with Crippen molar-refractivity contribution in [3.63, 3.8) is 0 Å². The lowest BCUT2D eigenvalue weighted by atomic mass is 10.0. The maximum atomic E-state index is 12.6. The number of piperidine rings is 1. The highest BCUT2D eigenvalue weighted by Crippen LogP contribution is 2.35. The molecule has 1 aromatic heterocycles. The molecule has 2 fully saturated rings. The minimum atomic E-state index is -0.565. The van der Waals surface area contributed by atoms with Gasteiger partial charge in [0, 0.05) is 24.9 Å². The second kappa shape index (κ2) is 6.26. The summed E-state index contributed by atoms with van der Waals surface area (Å²) in [5.41, 5.74) is 1.71. The first-order valence-electron chi connectivity index (χ1n) is 8.18. The van der Waals surface area contributed by atoms with Crippen LogP contribution in [-0.2, 0) is 4.74 Å². The van der Waals surface area contributed by atoms with E-state index in [-0.39, 0.29) is 18.5 Å². The molecular weight excluding hydrogens is 330 g/mol. The van der Waals surface area contributed by atoms with Crippen LogP contribution in [0.4, 0.5) is 4.79 Å². The van der Waals surface area contributed by atoms with Gasteiger partial charge in [0.2, 0.25) is 0 Å². The van der Waals surface area contributed by atoms with E-state index in [9.17, 15) is 9.59 Å². The number of halogens is 1. The highest BCUT2D eigenvalue weighted by atomic mass is 35.5. The topological polar surface area (TPSA) is 67.3 Å². The molecule has 0 spiro atoms. The highest BCUT2D eigenvalue weighted by Gasteiger charge is 2.40. The minimum absolute atomic E-state index is 0. The fourth-order valence-electron chi connectivity index (χ4n) is 4.16. The van der Waals surface area contributed by atoms with E-state index in [2.05, 4.69) is 16.9 Å². The number of carbonyl (C=O) groups excluding carboxylic acids is 1. The molecule has 3 heterocycles. The standard InChI is InChI=1S/C17H21N3O3.ClH/c1-10-4-3-5-14-15(10)20(16(21)18-14)17(22)23-13-8-11-6-7-12(9-13)19(11)2;/h3-5,11-13H,6-9H2,1-2H3,(H,18,21);1H. The van der Waals surface area contributed by atoms with Crippen molar-refractivity contribution in [1.82, 2.24) is 14.5 Å². The lowest BCUT2D eigenvalue weighted by molar-refractivity contribution is 0.0290. The number of hydrogen-bond acceptors (Lipinski definition) is 4. The van der Waals surface area contributed by atoms with Crippen LogP contribution in [0.25, 0.3) is 11.0 Å². The molecule has 2 bridgehead atoms. The van der Waals surface area contributed by atoms with Crippen LogP contribution >= 0.6 is 12.4 Å². The number of nitrogens with zero attached hydrogens (tertiary/aromatic N) is 2. The van der Waals surface area contributed by atoms with E-state index in [1.54, 1.807) is 6.07 Å². The summed E-state index contributed by atoms with van der Waals surface area (Å²) >= 11 is 0. The molecule has 2 aliphatic heterocycles. The van der Waals surface area contributed by atoms with E-state index in [4.69, 9.17) is 4.74 Å². The average molecular weight is 352 g/mol. The second-order valence-electron chi connectivity index (χ2n) is 6.76. The van der Waals surface area contributed by atoms with E-state index in [1.807, 2.05) is 19.1 Å². The Labute approximate surface area is 146 Å². The van der Waals surface area contributed by atoms with Gasteiger partial charge >= 0.3 is 11.8 Å². The van der Waals surface area contributed by atoms with Gasteiger partial charge in [-0.25, -0.2) is 9.59 Å². The van der Waals surface area contributed by atoms with Crippen molar-refractivity contribution < 1.29 is 9.53 Å². The highest BCUT2D eigenvalue weighted by molar-refractivity contribution is 5.88. The Hall–Kier alpha value is -1.79. The van der Waals surface area contributed by atoms with Crippen LogP contribution in [0.5, 0.6) is 0 Å². The molecule has 2 aromatic rings. The van der Waals surface area contributed by atoms with Crippen molar-refractivity contribution in [2.24, 2.45) is 0 Å². The molecule has 2 saturated heterocycles. The number of ether oxygens (including phenoxy) is 1. The summed E-state index contributed by atoms with van der Waals surface area (Å²) in [6, 6.07) is 6.53. The number of carbonyl (C=O) groups is 1. The zero-order chi connectivity index (χ0) is 16.1. The van der Waals surface area contributed by atoms with Crippen molar-refractivity contribution in [3.8, 4) is 0 Å². The first kappa shape index (κ1) is 17.0. The zero-order valence-electron chi connectivity index (χ0n) is 13.8. The fourth-order valence-corrected chi connectivity index (χ4v) is 4.16. The molecule has 1 aromatic carbocycles. The van der Waals surface area contributed by atoms with Gasteiger partial charge in [0.15, 0.2) is 0 Å². The van der Waals surface area contributed by atoms with Crippen LogP contribution < -0.4 is 5.69 Å². The van der Waals surface area contributed by atoms with Crippen molar-refractivity contribution in [3.05, 3.63) is 34.2 Å². The molecule has 0 radical (unpaired) electrons. The third-order valence-electron chi connectivity index (χ3n) is 5.41. The van der Waals surface area contributed by atoms with E-state index in [1.165, 1.54) is 12.8 Å². The first-order chi connectivity index (χ1) is 11.0. The van der Waals surface area contributed by atoms with Crippen LogP contribution in [0.1, 0.15) is 31.2 Å². The molecule has 0 amide bonds. The third-order valence-corrected chi connectivity index (χ3v) is 5.41. The molecule has 2 unspecified atom stereocenters. The van der Waals surface area contributed by atoms with Crippen LogP contribution in [-0.4, -0.2) is 45.8 Å². The van der Waals surface area contributed by atoms with Crippen molar-refractivity contribution in [2.45, 2.75) is 50.8 Å². The van der Waals surface area contributed by atoms with Crippen LogP contribution in [0.15, 0.2) is 23.0 Å². The van der Waals surface area contributed by atoms with Gasteiger partial charge in [0.25, 0.3) is 0 Å². The summed E-state index contributed by atoms with van der Waals surface area (Å²) in [6.45, 7) is 1.88. The van der Waals surface area contributed by atoms with Gasteiger partial charge in [-0.3, -0.25) is 0 Å². The van der Waals surface area contributed by atoms with Crippen molar-refractivity contribution in [1.29, 1.82) is 0 Å². The summed E-state index contributed by atoms with van der Waals surface area (Å²) < 4.78 is 6.82. The Morgan fingerprint density at radius 2 is 1.92 bits per heavy atom. The number of hydrogen-bond donors (Lipinski definition) is 1. The molecule has 24 heavy (non-hydrogen) atoms. The first-order valence-corrected chi connectivity index (χ1v) is 8.18. The number of para-hydroxylation sites is 1. The molecule has 130 valence electrons. The zero-order valence-corrected chi connectivity index (χ0v) is 14.6. The Balaban J connectivity index is 0.00000169. The molecule has 2 aliphatic rings. The predicted octanol–water partition coefficient (Wildman–Crippen LogP) is 2.67. The number of aromatic amines is 1. The lowest BCUT2D eigenvalue weighted by Gasteiger charge is -2.35. The van der Waals surface area contributed by atoms with Gasteiger partial charge < -0.3 is 14.6 Å². The summed E-state index contributed by atoms with van der Waals surface area (Å²) in [5, 5.41) is 0. The van der Waals surface area contributed by atoms with E-state index in [0.29, 0.717) is 23.1 Å². The van der Waals surface area contributed by atoms with Gasteiger partial charge in [-0.1, -0.05) is 12.1 Å². The van der Waals surface area contributed by atoms with Gasteiger partial charge in [0.05, 0.1) is 11.0 Å². The minimum Gasteiger partial charge on any atom is -0.445 e. The Kier molecular flexibility index (Phi) is 4.44. The quantitative estimate of drug-likeness (QED) is 0.857. The van der Waals surface area contributed by atoms with Gasteiger partial charge in [-0.2, -0.15) is 4.57 Å². The largest absolute Gasteiger partial charge is 0.445 e. The molecule has 7 heteroatoms. The Morgan fingerprint density at radius 3 is 2.58 bits per heavy atom. The number of fused-ring (bicyclic) bond motifs is 3. The summed E-state index contributed by atoms with van der Waals surface area (Å²) in [5.74, 6) is 0. The van der Waals surface area contributed by atoms with Crippen LogP contribution in [0.3, 0.4) is 0 Å². The monoisotopic (exact) mass is 351 g/mol. The maximum Gasteiger partial charge on any atom is 0.423 e. The number of benzene rings is 1. The summed E-state index contributed by atoms with van der Waals surface area (Å²) in [6.07, 6.45) is 3.38. The molecular formula is C17H22ClN3O3. The average Bonchev–Trinajstić information content (AvgIpc) is 2.92. The van der Waals surface area contributed by atoms with Crippen molar-refractivity contribution in [2.75, 3.05) is 7.05 Å². The molecule has 0 aliphatic carbocycles. The third kappa shape index (κ3) is 2.63. The summed E-state index contributed by atoms with van der Waals surface area (Å²) in [4.78, 5) is 29.9. The van der Waals surface area contributed by atoms with Crippen LogP contribution in [0.2, 0.25) is 0 Å². The Bertz CT molecular complexity index is 814. The molecule has 1 N–H and O–H groups in total. The molecule has 0 saturated carbocycles. The van der Waals surface area contributed by atoms with Gasteiger partial charge in [0.1, 0.15) is 6.10 Å². The smallest absolute Gasteiger partial charge is 0.423 e. The number of rotatable bonds is 1. The number of aryl methyl sites for hydroxylation is 1. The van der Waals surface area contributed by atoms with E-state index >= 15 is 0 Å². The molecule has 2 atom stereocenters. The van der Waals surface area contributed by atoms with E-state index in [0.717, 1.165) is 23.0 Å². The number of aromatic nitrogens is 2. The van der Waals surface area contributed by atoms with Gasteiger partial charge in [-0.15, -0.1) is 12.4 Å². The number of nitrogens with one attached hydrogen (secondary N) is 1. The van der Waals surface area contributed by atoms with Crippen LogP contribution in [0, 0.1) is 6.92 Å². The normalized spacial score (nSPS) is 26.3.